The van der Waals surface area contributed by atoms with Crippen molar-refractivity contribution in [2.24, 2.45) is 0 Å². The number of anilines is 1. The number of hydrogen-bond donors (Lipinski definition) is 4. The lowest BCUT2D eigenvalue weighted by Crippen LogP contribution is -2.43. The SMILES string of the molecule is CC(C(O)c1ccccc1)N(C)CC1CC(c2ccc(CO)cc2)OC(c2ccc(NC(=O)CCCCCCC(=O)O)cc2)O1. The van der Waals surface area contributed by atoms with E-state index in [4.69, 9.17) is 14.6 Å². The molecule has 242 valence electrons. The third-order valence-corrected chi connectivity index (χ3v) is 8.41. The van der Waals surface area contributed by atoms with Gasteiger partial charge in [-0.3, -0.25) is 14.5 Å². The molecule has 1 amide bonds. The molecule has 1 aliphatic heterocycles. The third-order valence-electron chi connectivity index (χ3n) is 8.41. The summed E-state index contributed by atoms with van der Waals surface area (Å²) in [5.41, 5.74) is 4.21. The fourth-order valence-electron chi connectivity index (χ4n) is 5.55. The molecule has 9 heteroatoms. The fourth-order valence-corrected chi connectivity index (χ4v) is 5.55. The molecule has 1 saturated heterocycles. The molecule has 1 aliphatic rings. The summed E-state index contributed by atoms with van der Waals surface area (Å²) in [6, 6.07) is 24.7. The molecule has 9 nitrogen and oxygen atoms in total. The van der Waals surface area contributed by atoms with Crippen molar-refractivity contribution in [2.45, 2.75) is 89.1 Å². The van der Waals surface area contributed by atoms with Crippen molar-refractivity contribution in [3.8, 4) is 0 Å². The van der Waals surface area contributed by atoms with E-state index in [1.807, 2.05) is 92.8 Å². The van der Waals surface area contributed by atoms with Crippen molar-refractivity contribution < 1.29 is 34.4 Å². The lowest BCUT2D eigenvalue weighted by atomic mass is 9.98. The normalized spacial score (nSPS) is 19.6. The summed E-state index contributed by atoms with van der Waals surface area (Å²) in [6.07, 6.45) is 2.43. The van der Waals surface area contributed by atoms with Gasteiger partial charge in [0.1, 0.15) is 0 Å². The molecule has 0 aromatic heterocycles. The van der Waals surface area contributed by atoms with Crippen molar-refractivity contribution >= 4 is 17.6 Å². The zero-order chi connectivity index (χ0) is 32.2. The Hall–Kier alpha value is -3.60. The molecule has 3 aromatic rings. The summed E-state index contributed by atoms with van der Waals surface area (Å²) in [4.78, 5) is 25.2. The minimum Gasteiger partial charge on any atom is -0.481 e. The summed E-state index contributed by atoms with van der Waals surface area (Å²) in [6.45, 7) is 2.56. The van der Waals surface area contributed by atoms with Crippen LogP contribution in [0.15, 0.2) is 78.9 Å². The zero-order valence-corrected chi connectivity index (χ0v) is 26.2. The van der Waals surface area contributed by atoms with Crippen LogP contribution in [0.25, 0.3) is 0 Å². The number of ether oxygens (including phenoxy) is 2. The average molecular weight is 619 g/mol. The number of hydrogen-bond acceptors (Lipinski definition) is 7. The number of unbranched alkanes of at least 4 members (excludes halogenated alkanes) is 3. The van der Waals surface area contributed by atoms with Crippen LogP contribution < -0.4 is 5.32 Å². The van der Waals surface area contributed by atoms with Crippen LogP contribution in [0.3, 0.4) is 0 Å². The van der Waals surface area contributed by atoms with Crippen LogP contribution in [0, 0.1) is 0 Å². The molecule has 0 aliphatic carbocycles. The highest BCUT2D eigenvalue weighted by Gasteiger charge is 2.34. The zero-order valence-electron chi connectivity index (χ0n) is 26.2. The molecule has 5 unspecified atom stereocenters. The van der Waals surface area contributed by atoms with Crippen LogP contribution in [-0.4, -0.2) is 57.8 Å². The standard InChI is InChI=1S/C36H46N2O7/c1-25(35(43)28-10-6-5-7-11-28)38(2)23-31-22-32(27-16-14-26(24-39)15-17-27)45-36(44-31)29-18-20-30(21-19-29)37-33(40)12-8-3-4-9-13-34(41)42/h5-7,10-11,14-21,25,31-32,35-36,39,43H,3-4,8-9,12-13,22-24H2,1-2H3,(H,37,40)(H,41,42). The topological polar surface area (TPSA) is 129 Å². The minimum atomic E-state index is -0.788. The van der Waals surface area contributed by atoms with Crippen LogP contribution >= 0.6 is 0 Å². The Morgan fingerprint density at radius 2 is 1.53 bits per heavy atom. The van der Waals surface area contributed by atoms with Crippen LogP contribution in [0.1, 0.15) is 92.6 Å². The number of aliphatic hydroxyl groups is 2. The number of rotatable bonds is 16. The number of aliphatic carboxylic acids is 1. The maximum Gasteiger partial charge on any atom is 0.303 e. The first-order valence-electron chi connectivity index (χ1n) is 15.8. The van der Waals surface area contributed by atoms with Gasteiger partial charge in [0.25, 0.3) is 0 Å². The summed E-state index contributed by atoms with van der Waals surface area (Å²) < 4.78 is 13.0. The number of amides is 1. The first-order chi connectivity index (χ1) is 21.7. The smallest absolute Gasteiger partial charge is 0.303 e. The van der Waals surface area contributed by atoms with Crippen molar-refractivity contribution in [1.82, 2.24) is 4.90 Å². The van der Waals surface area contributed by atoms with Crippen LogP contribution in [0.5, 0.6) is 0 Å². The average Bonchev–Trinajstić information content (AvgIpc) is 3.06. The first kappa shape index (κ1) is 34.3. The van der Waals surface area contributed by atoms with Gasteiger partial charge in [-0.1, -0.05) is 79.6 Å². The number of benzene rings is 3. The number of carboxylic acid groups (broad SMARTS) is 1. The highest BCUT2D eigenvalue weighted by molar-refractivity contribution is 5.90. The molecule has 5 atom stereocenters. The van der Waals surface area contributed by atoms with E-state index < -0.39 is 18.4 Å². The fraction of sp³-hybridized carbons (Fsp3) is 0.444. The highest BCUT2D eigenvalue weighted by Crippen LogP contribution is 2.38. The molecule has 3 aromatic carbocycles. The second-order valence-corrected chi connectivity index (χ2v) is 11.9. The Labute approximate surface area is 265 Å². The van der Waals surface area contributed by atoms with E-state index in [0.29, 0.717) is 37.9 Å². The van der Waals surface area contributed by atoms with Crippen molar-refractivity contribution in [2.75, 3.05) is 18.9 Å². The second kappa shape index (κ2) is 17.2. The van der Waals surface area contributed by atoms with Gasteiger partial charge in [-0.25, -0.2) is 0 Å². The van der Waals surface area contributed by atoms with E-state index in [9.17, 15) is 19.8 Å². The van der Waals surface area contributed by atoms with Gasteiger partial charge in [0.15, 0.2) is 6.29 Å². The predicted octanol–water partition coefficient (Wildman–Crippen LogP) is 6.14. The molecule has 0 radical (unpaired) electrons. The van der Waals surface area contributed by atoms with E-state index >= 15 is 0 Å². The summed E-state index contributed by atoms with van der Waals surface area (Å²) >= 11 is 0. The maximum absolute atomic E-state index is 12.4. The quantitative estimate of drug-likeness (QED) is 0.141. The highest BCUT2D eigenvalue weighted by atomic mass is 16.7. The molecule has 1 fully saturated rings. The summed E-state index contributed by atoms with van der Waals surface area (Å²) in [5.74, 6) is -0.865. The van der Waals surface area contributed by atoms with Crippen molar-refractivity contribution in [3.63, 3.8) is 0 Å². The minimum absolute atomic E-state index is 0.0255. The van der Waals surface area contributed by atoms with Gasteiger partial charge in [0.2, 0.25) is 5.91 Å². The lowest BCUT2D eigenvalue weighted by Gasteiger charge is -2.39. The number of likely N-dealkylation sites (N-methyl/N-ethyl adjacent to an activating group) is 1. The van der Waals surface area contributed by atoms with Crippen LogP contribution in [0.2, 0.25) is 0 Å². The van der Waals surface area contributed by atoms with Gasteiger partial charge in [-0.05, 0) is 55.6 Å². The largest absolute Gasteiger partial charge is 0.481 e. The molecule has 45 heavy (non-hydrogen) atoms. The van der Waals surface area contributed by atoms with Gasteiger partial charge < -0.3 is 30.1 Å². The number of aliphatic hydroxyl groups excluding tert-OH is 2. The molecule has 4 rings (SSSR count). The first-order valence-corrected chi connectivity index (χ1v) is 15.8. The van der Waals surface area contributed by atoms with Crippen molar-refractivity contribution in [3.05, 3.63) is 101 Å². The van der Waals surface area contributed by atoms with Crippen LogP contribution in [0.4, 0.5) is 5.69 Å². The number of carbonyl (C=O) groups excluding carboxylic acids is 1. The summed E-state index contributed by atoms with van der Waals surface area (Å²) in [5, 5.41) is 32.2. The van der Waals surface area contributed by atoms with Gasteiger partial charge in [-0.15, -0.1) is 0 Å². The molecular formula is C36H46N2O7. The Morgan fingerprint density at radius 3 is 2.18 bits per heavy atom. The Kier molecular flexibility index (Phi) is 13.1. The number of carbonyl (C=O) groups is 2. The summed E-state index contributed by atoms with van der Waals surface area (Å²) in [7, 11) is 1.99. The Balaban J connectivity index is 1.39. The number of nitrogens with zero attached hydrogens (tertiary/aromatic N) is 1. The van der Waals surface area contributed by atoms with Crippen LogP contribution in [-0.2, 0) is 25.7 Å². The second-order valence-electron chi connectivity index (χ2n) is 11.9. The van der Waals surface area contributed by atoms with E-state index in [0.717, 1.165) is 35.1 Å². The Morgan fingerprint density at radius 1 is 0.889 bits per heavy atom. The molecule has 1 heterocycles. The van der Waals surface area contributed by atoms with E-state index in [2.05, 4.69) is 10.2 Å². The molecule has 0 bridgehead atoms. The number of nitrogens with one attached hydrogen (secondary N) is 1. The lowest BCUT2D eigenvalue weighted by molar-refractivity contribution is -0.253. The van der Waals surface area contributed by atoms with Gasteiger partial charge in [-0.2, -0.15) is 0 Å². The Bertz CT molecular complexity index is 1330. The van der Waals surface area contributed by atoms with Gasteiger partial charge in [0.05, 0.1) is 24.9 Å². The van der Waals surface area contributed by atoms with E-state index in [1.54, 1.807) is 0 Å². The third kappa shape index (κ3) is 10.5. The molecule has 0 spiro atoms. The molecule has 4 N–H and O–H groups in total. The van der Waals surface area contributed by atoms with Gasteiger partial charge >= 0.3 is 5.97 Å². The molecular weight excluding hydrogens is 572 g/mol. The van der Waals surface area contributed by atoms with Crippen molar-refractivity contribution in [1.29, 1.82) is 0 Å². The molecule has 0 saturated carbocycles. The maximum atomic E-state index is 12.4. The van der Waals surface area contributed by atoms with E-state index in [-0.39, 0.29) is 37.2 Å². The van der Waals surface area contributed by atoms with E-state index in [1.165, 1.54) is 0 Å². The van der Waals surface area contributed by atoms with Gasteiger partial charge in [0, 0.05) is 43.1 Å². The predicted molar refractivity (Wildman–Crippen MR) is 172 cm³/mol. The number of carboxylic acids is 1. The monoisotopic (exact) mass is 618 g/mol.